The second-order valence-electron chi connectivity index (χ2n) is 6.82. The predicted molar refractivity (Wildman–Crippen MR) is 101 cm³/mol. The summed E-state index contributed by atoms with van der Waals surface area (Å²) in [5.41, 5.74) is 2.10. The van der Waals surface area contributed by atoms with Gasteiger partial charge in [0.1, 0.15) is 11.4 Å². The zero-order valence-electron chi connectivity index (χ0n) is 15.4. The van der Waals surface area contributed by atoms with E-state index in [-0.39, 0.29) is 6.04 Å². The number of rotatable bonds is 5. The summed E-state index contributed by atoms with van der Waals surface area (Å²) in [7, 11) is 1.66. The SMILES string of the molecule is COc1ccccc1C(C)Nc1cccc(NC(=O)OC(C)(C)C)c1. The molecule has 0 heterocycles. The van der Waals surface area contributed by atoms with Crippen LogP contribution in [0.25, 0.3) is 0 Å². The first-order valence-corrected chi connectivity index (χ1v) is 8.28. The molecule has 25 heavy (non-hydrogen) atoms. The van der Waals surface area contributed by atoms with Crippen molar-refractivity contribution in [2.75, 3.05) is 17.7 Å². The van der Waals surface area contributed by atoms with Crippen molar-refractivity contribution in [1.29, 1.82) is 0 Å². The molecule has 0 saturated carbocycles. The molecule has 0 aliphatic carbocycles. The molecule has 1 atom stereocenters. The van der Waals surface area contributed by atoms with E-state index in [1.807, 2.05) is 69.3 Å². The predicted octanol–water partition coefficient (Wildman–Crippen LogP) is 5.22. The molecule has 2 aromatic rings. The molecule has 0 fully saturated rings. The van der Waals surface area contributed by atoms with E-state index in [2.05, 4.69) is 17.6 Å². The van der Waals surface area contributed by atoms with Gasteiger partial charge < -0.3 is 14.8 Å². The molecule has 0 saturated heterocycles. The highest BCUT2D eigenvalue weighted by Gasteiger charge is 2.16. The minimum atomic E-state index is -0.529. The Morgan fingerprint density at radius 2 is 1.72 bits per heavy atom. The van der Waals surface area contributed by atoms with E-state index < -0.39 is 11.7 Å². The van der Waals surface area contributed by atoms with Crippen LogP contribution in [0.3, 0.4) is 0 Å². The van der Waals surface area contributed by atoms with Crippen molar-refractivity contribution < 1.29 is 14.3 Å². The number of anilines is 2. The summed E-state index contributed by atoms with van der Waals surface area (Å²) in [6, 6.07) is 15.5. The highest BCUT2D eigenvalue weighted by molar-refractivity contribution is 5.85. The second kappa shape index (κ2) is 7.92. The molecule has 2 rings (SSSR count). The molecule has 0 aliphatic heterocycles. The standard InChI is InChI=1S/C20H26N2O3/c1-14(17-11-6-7-12-18(17)24-5)21-15-9-8-10-16(13-15)22-19(23)25-20(2,3)4/h6-14,21H,1-5H3,(H,22,23). The Morgan fingerprint density at radius 3 is 2.40 bits per heavy atom. The summed E-state index contributed by atoms with van der Waals surface area (Å²) in [5, 5.41) is 6.17. The number of amides is 1. The number of ether oxygens (including phenoxy) is 2. The molecule has 1 unspecified atom stereocenters. The molecular weight excluding hydrogens is 316 g/mol. The number of nitrogens with one attached hydrogen (secondary N) is 2. The number of benzene rings is 2. The first-order chi connectivity index (χ1) is 11.8. The van der Waals surface area contributed by atoms with Gasteiger partial charge in [0.05, 0.1) is 13.2 Å². The van der Waals surface area contributed by atoms with E-state index in [9.17, 15) is 4.79 Å². The Kier molecular flexibility index (Phi) is 5.91. The van der Waals surface area contributed by atoms with Crippen molar-refractivity contribution in [2.45, 2.75) is 39.3 Å². The Balaban J connectivity index is 2.07. The summed E-state index contributed by atoms with van der Waals surface area (Å²) in [6.45, 7) is 7.56. The summed E-state index contributed by atoms with van der Waals surface area (Å²) in [5.74, 6) is 0.838. The second-order valence-corrected chi connectivity index (χ2v) is 6.82. The Hall–Kier alpha value is -2.69. The maximum atomic E-state index is 11.9. The smallest absolute Gasteiger partial charge is 0.412 e. The van der Waals surface area contributed by atoms with Crippen LogP contribution in [-0.2, 0) is 4.74 Å². The monoisotopic (exact) mass is 342 g/mol. The lowest BCUT2D eigenvalue weighted by molar-refractivity contribution is 0.0636. The van der Waals surface area contributed by atoms with E-state index >= 15 is 0 Å². The maximum absolute atomic E-state index is 11.9. The van der Waals surface area contributed by atoms with Crippen molar-refractivity contribution in [2.24, 2.45) is 0 Å². The quantitative estimate of drug-likeness (QED) is 0.782. The van der Waals surface area contributed by atoms with Gasteiger partial charge in [-0.25, -0.2) is 4.79 Å². The van der Waals surface area contributed by atoms with Crippen molar-refractivity contribution in [3.63, 3.8) is 0 Å². The molecule has 0 bridgehead atoms. The van der Waals surface area contributed by atoms with E-state index in [0.717, 1.165) is 17.0 Å². The number of methoxy groups -OCH3 is 1. The van der Waals surface area contributed by atoms with Gasteiger partial charge in [-0.3, -0.25) is 5.32 Å². The average molecular weight is 342 g/mol. The topological polar surface area (TPSA) is 59.6 Å². The minimum Gasteiger partial charge on any atom is -0.496 e. The zero-order valence-corrected chi connectivity index (χ0v) is 15.4. The molecule has 5 heteroatoms. The van der Waals surface area contributed by atoms with Crippen LogP contribution in [0.5, 0.6) is 5.75 Å². The fourth-order valence-electron chi connectivity index (χ4n) is 2.46. The van der Waals surface area contributed by atoms with Gasteiger partial charge in [0.25, 0.3) is 0 Å². The van der Waals surface area contributed by atoms with Crippen LogP contribution in [0.2, 0.25) is 0 Å². The number of hydrogen-bond acceptors (Lipinski definition) is 4. The Morgan fingerprint density at radius 1 is 1.04 bits per heavy atom. The van der Waals surface area contributed by atoms with Crippen molar-refractivity contribution in [1.82, 2.24) is 0 Å². The van der Waals surface area contributed by atoms with Crippen LogP contribution >= 0.6 is 0 Å². The zero-order chi connectivity index (χ0) is 18.4. The lowest BCUT2D eigenvalue weighted by Crippen LogP contribution is -2.27. The molecule has 0 radical (unpaired) electrons. The first kappa shape index (κ1) is 18.6. The van der Waals surface area contributed by atoms with Crippen molar-refractivity contribution in [3.8, 4) is 5.75 Å². The van der Waals surface area contributed by atoms with Crippen LogP contribution in [0.1, 0.15) is 39.3 Å². The summed E-state index contributed by atoms with van der Waals surface area (Å²) in [6.07, 6.45) is -0.470. The maximum Gasteiger partial charge on any atom is 0.412 e. The van der Waals surface area contributed by atoms with Gasteiger partial charge in [0.2, 0.25) is 0 Å². The van der Waals surface area contributed by atoms with Crippen LogP contribution in [0.4, 0.5) is 16.2 Å². The highest BCUT2D eigenvalue weighted by atomic mass is 16.6. The van der Waals surface area contributed by atoms with E-state index in [4.69, 9.17) is 9.47 Å². The minimum absolute atomic E-state index is 0.0490. The largest absolute Gasteiger partial charge is 0.496 e. The van der Waals surface area contributed by atoms with Crippen LogP contribution in [-0.4, -0.2) is 18.8 Å². The first-order valence-electron chi connectivity index (χ1n) is 8.28. The van der Waals surface area contributed by atoms with Gasteiger partial charge in [-0.1, -0.05) is 24.3 Å². The van der Waals surface area contributed by atoms with E-state index in [1.54, 1.807) is 7.11 Å². The molecule has 1 amide bonds. The van der Waals surface area contributed by atoms with Gasteiger partial charge in [0, 0.05) is 16.9 Å². The normalized spacial score (nSPS) is 12.2. The third kappa shape index (κ3) is 5.71. The third-order valence-corrected chi connectivity index (χ3v) is 3.50. The number of carbonyl (C=O) groups is 1. The lowest BCUT2D eigenvalue weighted by atomic mass is 10.1. The summed E-state index contributed by atoms with van der Waals surface area (Å²) >= 11 is 0. The summed E-state index contributed by atoms with van der Waals surface area (Å²) in [4.78, 5) is 11.9. The Labute approximate surface area is 149 Å². The fourth-order valence-corrected chi connectivity index (χ4v) is 2.46. The van der Waals surface area contributed by atoms with E-state index in [0.29, 0.717) is 5.69 Å². The van der Waals surface area contributed by atoms with Gasteiger partial charge in [-0.15, -0.1) is 0 Å². The van der Waals surface area contributed by atoms with Crippen LogP contribution < -0.4 is 15.4 Å². The molecule has 2 aromatic carbocycles. The lowest BCUT2D eigenvalue weighted by Gasteiger charge is -2.20. The Bertz CT molecular complexity index is 723. The molecular formula is C20H26N2O3. The molecule has 5 nitrogen and oxygen atoms in total. The highest BCUT2D eigenvalue weighted by Crippen LogP contribution is 2.28. The molecule has 0 spiro atoms. The van der Waals surface area contributed by atoms with Gasteiger partial charge in [-0.2, -0.15) is 0 Å². The third-order valence-electron chi connectivity index (χ3n) is 3.50. The van der Waals surface area contributed by atoms with Crippen LogP contribution in [0.15, 0.2) is 48.5 Å². The summed E-state index contributed by atoms with van der Waals surface area (Å²) < 4.78 is 10.7. The van der Waals surface area contributed by atoms with Gasteiger partial charge >= 0.3 is 6.09 Å². The molecule has 0 aliphatic rings. The number of hydrogen-bond donors (Lipinski definition) is 2. The van der Waals surface area contributed by atoms with Crippen molar-refractivity contribution in [3.05, 3.63) is 54.1 Å². The van der Waals surface area contributed by atoms with Gasteiger partial charge in [-0.05, 0) is 52.0 Å². The molecule has 0 aromatic heterocycles. The van der Waals surface area contributed by atoms with Gasteiger partial charge in [0.15, 0.2) is 0 Å². The van der Waals surface area contributed by atoms with Crippen LogP contribution in [0, 0.1) is 0 Å². The number of para-hydroxylation sites is 1. The fraction of sp³-hybridized carbons (Fsp3) is 0.350. The molecule has 134 valence electrons. The van der Waals surface area contributed by atoms with E-state index in [1.165, 1.54) is 0 Å². The number of carbonyl (C=O) groups excluding carboxylic acids is 1. The average Bonchev–Trinajstić information content (AvgIpc) is 2.53. The molecule has 2 N–H and O–H groups in total. The van der Waals surface area contributed by atoms with Crippen molar-refractivity contribution >= 4 is 17.5 Å².